The third-order valence-corrected chi connectivity index (χ3v) is 4.54. The number of likely N-dealkylation sites (tertiary alicyclic amines) is 1. The Bertz CT molecular complexity index is 442. The van der Waals surface area contributed by atoms with Crippen molar-refractivity contribution in [2.45, 2.75) is 19.1 Å². The molecule has 1 aromatic rings. The first-order valence-corrected chi connectivity index (χ1v) is 7.95. The van der Waals surface area contributed by atoms with E-state index in [4.69, 9.17) is 5.73 Å². The average molecular weight is 315 g/mol. The minimum Gasteiger partial charge on any atom is -0.342 e. The van der Waals surface area contributed by atoms with E-state index >= 15 is 0 Å². The third-order valence-electron chi connectivity index (χ3n) is 3.55. The zero-order valence-corrected chi connectivity index (χ0v) is 13.5. The molecule has 0 aliphatic carbocycles. The normalized spacial score (nSPS) is 17.9. The fourth-order valence-corrected chi connectivity index (χ4v) is 3.28. The lowest BCUT2D eigenvalue weighted by Crippen LogP contribution is -2.31. The van der Waals surface area contributed by atoms with E-state index in [1.807, 2.05) is 4.90 Å². The summed E-state index contributed by atoms with van der Waals surface area (Å²) in [5.41, 5.74) is 8.21. The van der Waals surface area contributed by atoms with E-state index in [-0.39, 0.29) is 18.3 Å². The number of nitrogens with zero attached hydrogens (tertiary/aromatic N) is 1. The summed E-state index contributed by atoms with van der Waals surface area (Å²) in [7, 11) is 0. The average Bonchev–Trinajstić information content (AvgIpc) is 2.87. The van der Waals surface area contributed by atoms with E-state index in [1.165, 1.54) is 11.1 Å². The molecule has 0 spiro atoms. The third kappa shape index (κ3) is 5.00. The van der Waals surface area contributed by atoms with E-state index in [1.54, 1.807) is 11.8 Å². The lowest BCUT2D eigenvalue weighted by molar-refractivity contribution is -0.127. The van der Waals surface area contributed by atoms with Crippen molar-refractivity contribution in [2.24, 2.45) is 11.7 Å². The van der Waals surface area contributed by atoms with E-state index in [2.05, 4.69) is 31.2 Å². The highest BCUT2D eigenvalue weighted by Crippen LogP contribution is 2.18. The van der Waals surface area contributed by atoms with E-state index < -0.39 is 0 Å². The summed E-state index contributed by atoms with van der Waals surface area (Å²) in [4.78, 5) is 14.0. The molecule has 2 N–H and O–H groups in total. The van der Waals surface area contributed by atoms with Crippen molar-refractivity contribution < 1.29 is 4.79 Å². The van der Waals surface area contributed by atoms with Crippen molar-refractivity contribution in [1.29, 1.82) is 0 Å². The summed E-state index contributed by atoms with van der Waals surface area (Å²) in [5, 5.41) is 0. The first-order chi connectivity index (χ1) is 9.19. The Kier molecular flexibility index (Phi) is 7.41. The molecular formula is C15H23ClN2OS. The van der Waals surface area contributed by atoms with Gasteiger partial charge in [-0.25, -0.2) is 0 Å². The minimum absolute atomic E-state index is 0. The summed E-state index contributed by atoms with van der Waals surface area (Å²) >= 11 is 1.70. The summed E-state index contributed by atoms with van der Waals surface area (Å²) in [5.74, 6) is 2.24. The van der Waals surface area contributed by atoms with E-state index in [0.29, 0.717) is 18.2 Å². The topological polar surface area (TPSA) is 46.3 Å². The molecule has 0 saturated carbocycles. The van der Waals surface area contributed by atoms with Gasteiger partial charge in [0.15, 0.2) is 0 Å². The Balaban J connectivity index is 0.00000200. The quantitative estimate of drug-likeness (QED) is 0.908. The molecule has 1 unspecified atom stereocenters. The summed E-state index contributed by atoms with van der Waals surface area (Å²) in [6.45, 7) is 4.52. The Labute approximate surface area is 131 Å². The highest BCUT2D eigenvalue weighted by Gasteiger charge is 2.24. The van der Waals surface area contributed by atoms with Crippen LogP contribution in [-0.4, -0.2) is 36.2 Å². The molecule has 3 nitrogen and oxygen atoms in total. The Morgan fingerprint density at radius 3 is 2.95 bits per heavy atom. The van der Waals surface area contributed by atoms with Crippen LogP contribution >= 0.6 is 24.2 Å². The number of aryl methyl sites for hydroxylation is 1. The molecule has 2 rings (SSSR count). The fourth-order valence-electron chi connectivity index (χ4n) is 2.40. The van der Waals surface area contributed by atoms with Crippen LogP contribution in [0, 0.1) is 12.8 Å². The van der Waals surface area contributed by atoms with Gasteiger partial charge in [0.2, 0.25) is 5.91 Å². The Morgan fingerprint density at radius 2 is 2.30 bits per heavy atom. The van der Waals surface area contributed by atoms with Crippen LogP contribution in [0.3, 0.4) is 0 Å². The number of hydrogen-bond acceptors (Lipinski definition) is 3. The molecule has 20 heavy (non-hydrogen) atoms. The van der Waals surface area contributed by atoms with Crippen LogP contribution in [0.2, 0.25) is 0 Å². The standard InChI is InChI=1S/C15H22N2OS.ClH/c1-12-3-2-4-13(7-12)10-19-11-15(18)17-6-5-14(8-16)9-17;/h2-4,7,14H,5-6,8-11,16H2,1H3;1H. The van der Waals surface area contributed by atoms with Crippen LogP contribution in [0.1, 0.15) is 17.5 Å². The molecule has 1 heterocycles. The summed E-state index contributed by atoms with van der Waals surface area (Å²) in [6, 6.07) is 8.46. The first kappa shape index (κ1) is 17.3. The number of halogens is 1. The van der Waals surface area contributed by atoms with Crippen LogP contribution in [0.25, 0.3) is 0 Å². The molecule has 5 heteroatoms. The molecule has 1 aliphatic rings. The van der Waals surface area contributed by atoms with Gasteiger partial charge in [-0.2, -0.15) is 0 Å². The van der Waals surface area contributed by atoms with Crippen LogP contribution in [0.15, 0.2) is 24.3 Å². The summed E-state index contributed by atoms with van der Waals surface area (Å²) < 4.78 is 0. The van der Waals surface area contributed by atoms with Gasteiger partial charge in [0.1, 0.15) is 0 Å². The van der Waals surface area contributed by atoms with Gasteiger partial charge in [-0.05, 0) is 31.4 Å². The molecule has 0 bridgehead atoms. The Morgan fingerprint density at radius 1 is 1.50 bits per heavy atom. The van der Waals surface area contributed by atoms with Crippen molar-refractivity contribution in [3.05, 3.63) is 35.4 Å². The van der Waals surface area contributed by atoms with Crippen LogP contribution in [0.5, 0.6) is 0 Å². The molecular weight excluding hydrogens is 292 g/mol. The highest BCUT2D eigenvalue weighted by atomic mass is 35.5. The van der Waals surface area contributed by atoms with Gasteiger partial charge >= 0.3 is 0 Å². The number of nitrogens with two attached hydrogens (primary N) is 1. The van der Waals surface area contributed by atoms with Crippen LogP contribution in [0.4, 0.5) is 0 Å². The lowest BCUT2D eigenvalue weighted by atomic mass is 10.1. The molecule has 0 aromatic heterocycles. The minimum atomic E-state index is 0. The number of amides is 1. The van der Waals surface area contributed by atoms with Gasteiger partial charge in [-0.1, -0.05) is 29.8 Å². The number of hydrogen-bond donors (Lipinski definition) is 1. The van der Waals surface area contributed by atoms with Gasteiger partial charge < -0.3 is 10.6 Å². The van der Waals surface area contributed by atoms with Crippen molar-refractivity contribution in [2.75, 3.05) is 25.4 Å². The maximum atomic E-state index is 12.0. The molecule has 1 amide bonds. The predicted molar refractivity (Wildman–Crippen MR) is 88.3 cm³/mol. The van der Waals surface area contributed by atoms with Crippen molar-refractivity contribution in [1.82, 2.24) is 4.90 Å². The van der Waals surface area contributed by atoms with Gasteiger partial charge in [-0.3, -0.25) is 4.79 Å². The van der Waals surface area contributed by atoms with E-state index in [9.17, 15) is 4.79 Å². The molecule has 1 aliphatic heterocycles. The second-order valence-corrected chi connectivity index (χ2v) is 6.20. The molecule has 0 radical (unpaired) electrons. The van der Waals surface area contributed by atoms with Crippen molar-refractivity contribution >= 4 is 30.1 Å². The maximum Gasteiger partial charge on any atom is 0.232 e. The number of thioether (sulfide) groups is 1. The summed E-state index contributed by atoms with van der Waals surface area (Å²) in [6.07, 6.45) is 1.06. The smallest absolute Gasteiger partial charge is 0.232 e. The number of benzene rings is 1. The molecule has 1 atom stereocenters. The number of carbonyl (C=O) groups excluding carboxylic acids is 1. The van der Waals surface area contributed by atoms with Crippen molar-refractivity contribution in [3.63, 3.8) is 0 Å². The molecule has 112 valence electrons. The SMILES string of the molecule is Cc1cccc(CSCC(=O)N2CCC(CN)C2)c1.Cl. The van der Waals surface area contributed by atoms with Gasteiger partial charge in [0.05, 0.1) is 5.75 Å². The highest BCUT2D eigenvalue weighted by molar-refractivity contribution is 7.99. The van der Waals surface area contributed by atoms with Crippen molar-refractivity contribution in [3.8, 4) is 0 Å². The van der Waals surface area contributed by atoms with Gasteiger partial charge in [0, 0.05) is 18.8 Å². The first-order valence-electron chi connectivity index (χ1n) is 6.80. The monoisotopic (exact) mass is 314 g/mol. The largest absolute Gasteiger partial charge is 0.342 e. The number of carbonyl (C=O) groups is 1. The Hall–Kier alpha value is -0.710. The second-order valence-electron chi connectivity index (χ2n) is 5.21. The van der Waals surface area contributed by atoms with Gasteiger partial charge in [0.25, 0.3) is 0 Å². The van der Waals surface area contributed by atoms with Crippen LogP contribution in [-0.2, 0) is 10.5 Å². The fraction of sp³-hybridized carbons (Fsp3) is 0.533. The van der Waals surface area contributed by atoms with E-state index in [0.717, 1.165) is 25.3 Å². The maximum absolute atomic E-state index is 12.0. The number of rotatable bonds is 5. The second kappa shape index (κ2) is 8.55. The predicted octanol–water partition coefficient (Wildman–Crippen LogP) is 2.46. The van der Waals surface area contributed by atoms with Crippen LogP contribution < -0.4 is 5.73 Å². The molecule has 1 saturated heterocycles. The molecule has 1 aromatic carbocycles. The zero-order chi connectivity index (χ0) is 13.7. The zero-order valence-electron chi connectivity index (χ0n) is 11.9. The van der Waals surface area contributed by atoms with Gasteiger partial charge in [-0.15, -0.1) is 24.2 Å². The lowest BCUT2D eigenvalue weighted by Gasteiger charge is -2.16. The molecule has 1 fully saturated rings.